The Kier molecular flexibility index (Phi) is 7.25. The zero-order valence-electron chi connectivity index (χ0n) is 13.1. The van der Waals surface area contributed by atoms with E-state index >= 15 is 0 Å². The Hall–Kier alpha value is -1.86. The van der Waals surface area contributed by atoms with Crippen LogP contribution >= 0.6 is 12.4 Å². The maximum atomic E-state index is 12.2. The maximum absolute atomic E-state index is 12.2. The first-order chi connectivity index (χ1) is 10.5. The third-order valence-corrected chi connectivity index (χ3v) is 3.98. The van der Waals surface area contributed by atoms with Crippen molar-refractivity contribution >= 4 is 29.7 Å². The van der Waals surface area contributed by atoms with E-state index in [2.05, 4.69) is 10.6 Å². The molecule has 0 spiro atoms. The number of hydrogen-bond donors (Lipinski definition) is 3. The van der Waals surface area contributed by atoms with Gasteiger partial charge in [-0.2, -0.15) is 0 Å². The summed E-state index contributed by atoms with van der Waals surface area (Å²) < 4.78 is 0. The molecule has 1 heterocycles. The van der Waals surface area contributed by atoms with Crippen molar-refractivity contribution in [1.82, 2.24) is 10.6 Å². The predicted octanol–water partition coefficient (Wildman–Crippen LogP) is 2.03. The molecule has 1 aromatic rings. The van der Waals surface area contributed by atoms with Crippen LogP contribution in [0.15, 0.2) is 12.1 Å². The molecule has 0 saturated carbocycles. The molecule has 4 N–H and O–H groups in total. The van der Waals surface area contributed by atoms with Crippen LogP contribution in [-0.2, 0) is 0 Å². The second-order valence-electron chi connectivity index (χ2n) is 5.76. The standard InChI is InChI=1S/C15H22N4O3.ClH/c1-10-7-12(14(16)13(8-10)19(21)22)15(20)18-6-4-11-3-2-5-17-9-11;/h7-8,11,17H,2-6,9,16H2,1H3,(H,18,20);1H. The van der Waals surface area contributed by atoms with Gasteiger partial charge >= 0.3 is 0 Å². The zero-order valence-corrected chi connectivity index (χ0v) is 13.9. The normalized spacial score (nSPS) is 17.2. The first-order valence-electron chi connectivity index (χ1n) is 7.52. The van der Waals surface area contributed by atoms with Crippen molar-refractivity contribution in [2.75, 3.05) is 25.4 Å². The molecule has 7 nitrogen and oxygen atoms in total. The fraction of sp³-hybridized carbons (Fsp3) is 0.533. The summed E-state index contributed by atoms with van der Waals surface area (Å²) in [4.78, 5) is 22.6. The Labute approximate surface area is 141 Å². The first-order valence-corrected chi connectivity index (χ1v) is 7.52. The molecule has 1 amide bonds. The average molecular weight is 343 g/mol. The van der Waals surface area contributed by atoms with Crippen LogP contribution in [0.4, 0.5) is 11.4 Å². The fourth-order valence-electron chi connectivity index (χ4n) is 2.77. The van der Waals surface area contributed by atoms with E-state index in [0.29, 0.717) is 18.0 Å². The lowest BCUT2D eigenvalue weighted by Gasteiger charge is -2.22. The summed E-state index contributed by atoms with van der Waals surface area (Å²) in [6.45, 7) is 4.30. The van der Waals surface area contributed by atoms with Gasteiger partial charge in [0.25, 0.3) is 11.6 Å². The summed E-state index contributed by atoms with van der Waals surface area (Å²) >= 11 is 0. The predicted molar refractivity (Wildman–Crippen MR) is 92.0 cm³/mol. The van der Waals surface area contributed by atoms with Crippen molar-refractivity contribution in [2.24, 2.45) is 5.92 Å². The summed E-state index contributed by atoms with van der Waals surface area (Å²) in [5, 5.41) is 17.1. The second kappa shape index (κ2) is 8.69. The number of carbonyl (C=O) groups is 1. The molecular formula is C15H23ClN4O3. The number of amides is 1. The van der Waals surface area contributed by atoms with Gasteiger partial charge in [0, 0.05) is 12.6 Å². The summed E-state index contributed by atoms with van der Waals surface area (Å²) in [5.74, 6) is 0.214. The highest BCUT2D eigenvalue weighted by Crippen LogP contribution is 2.27. The van der Waals surface area contributed by atoms with Gasteiger partial charge in [0.1, 0.15) is 5.69 Å². The van der Waals surface area contributed by atoms with E-state index in [4.69, 9.17) is 5.73 Å². The van der Waals surface area contributed by atoms with Gasteiger partial charge in [0.05, 0.1) is 10.5 Å². The number of piperidine rings is 1. The number of nitrogen functional groups attached to an aromatic ring is 1. The number of carbonyl (C=O) groups excluding carboxylic acids is 1. The molecule has 1 aromatic carbocycles. The number of nitrogens with two attached hydrogens (primary N) is 1. The second-order valence-corrected chi connectivity index (χ2v) is 5.76. The van der Waals surface area contributed by atoms with Gasteiger partial charge in [-0.15, -0.1) is 12.4 Å². The minimum absolute atomic E-state index is 0. The molecule has 23 heavy (non-hydrogen) atoms. The maximum Gasteiger partial charge on any atom is 0.293 e. The molecule has 1 unspecified atom stereocenters. The smallest absolute Gasteiger partial charge is 0.293 e. The number of aryl methyl sites for hydroxylation is 1. The van der Waals surface area contributed by atoms with E-state index in [1.807, 2.05) is 0 Å². The summed E-state index contributed by atoms with van der Waals surface area (Å²) in [6, 6.07) is 2.96. The Bertz CT molecular complexity index is 574. The number of nitrogens with one attached hydrogen (secondary N) is 2. The highest BCUT2D eigenvalue weighted by molar-refractivity contribution is 6.01. The lowest BCUT2D eigenvalue weighted by molar-refractivity contribution is -0.384. The Morgan fingerprint density at radius 2 is 2.26 bits per heavy atom. The van der Waals surface area contributed by atoms with E-state index in [0.717, 1.165) is 25.9 Å². The molecule has 0 radical (unpaired) electrons. The Balaban J connectivity index is 0.00000264. The van der Waals surface area contributed by atoms with Crippen LogP contribution in [0.25, 0.3) is 0 Å². The summed E-state index contributed by atoms with van der Waals surface area (Å²) in [6.07, 6.45) is 3.23. The van der Waals surface area contributed by atoms with Crippen LogP contribution in [0.1, 0.15) is 35.2 Å². The lowest BCUT2D eigenvalue weighted by atomic mass is 9.96. The van der Waals surface area contributed by atoms with Gasteiger partial charge in [-0.25, -0.2) is 0 Å². The van der Waals surface area contributed by atoms with Crippen molar-refractivity contribution in [3.63, 3.8) is 0 Å². The van der Waals surface area contributed by atoms with Crippen molar-refractivity contribution in [1.29, 1.82) is 0 Å². The monoisotopic (exact) mass is 342 g/mol. The highest BCUT2D eigenvalue weighted by atomic mass is 35.5. The molecule has 1 fully saturated rings. The molecule has 0 aliphatic carbocycles. The van der Waals surface area contributed by atoms with Crippen LogP contribution in [-0.4, -0.2) is 30.5 Å². The zero-order chi connectivity index (χ0) is 16.1. The van der Waals surface area contributed by atoms with Gasteiger partial charge in [0.15, 0.2) is 0 Å². The number of anilines is 1. The third-order valence-electron chi connectivity index (χ3n) is 3.98. The molecule has 0 aromatic heterocycles. The number of nitro benzene ring substituents is 1. The van der Waals surface area contributed by atoms with Gasteiger partial charge in [-0.05, 0) is 56.8 Å². The molecule has 0 bridgehead atoms. The Morgan fingerprint density at radius 3 is 2.87 bits per heavy atom. The van der Waals surface area contributed by atoms with Crippen molar-refractivity contribution in [3.8, 4) is 0 Å². The molecule has 128 valence electrons. The summed E-state index contributed by atoms with van der Waals surface area (Å²) in [7, 11) is 0. The van der Waals surface area contributed by atoms with Crippen molar-refractivity contribution in [3.05, 3.63) is 33.4 Å². The Morgan fingerprint density at radius 1 is 1.52 bits per heavy atom. The highest BCUT2D eigenvalue weighted by Gasteiger charge is 2.20. The van der Waals surface area contributed by atoms with Crippen LogP contribution < -0.4 is 16.4 Å². The van der Waals surface area contributed by atoms with Crippen molar-refractivity contribution in [2.45, 2.75) is 26.2 Å². The van der Waals surface area contributed by atoms with E-state index in [1.165, 1.54) is 12.5 Å². The number of rotatable bonds is 5. The quantitative estimate of drug-likeness (QED) is 0.431. The molecule has 1 saturated heterocycles. The van der Waals surface area contributed by atoms with Crippen LogP contribution in [0, 0.1) is 23.0 Å². The van der Waals surface area contributed by atoms with Crippen LogP contribution in [0.3, 0.4) is 0 Å². The number of benzene rings is 1. The first kappa shape index (κ1) is 19.2. The molecule has 2 rings (SSSR count). The van der Waals surface area contributed by atoms with Crippen LogP contribution in [0.5, 0.6) is 0 Å². The number of hydrogen-bond acceptors (Lipinski definition) is 5. The van der Waals surface area contributed by atoms with Crippen LogP contribution in [0.2, 0.25) is 0 Å². The minimum atomic E-state index is -0.563. The number of nitrogens with zero attached hydrogens (tertiary/aromatic N) is 1. The van der Waals surface area contributed by atoms with Gasteiger partial charge in [-0.3, -0.25) is 14.9 Å². The van der Waals surface area contributed by atoms with Gasteiger partial charge < -0.3 is 16.4 Å². The van der Waals surface area contributed by atoms with Gasteiger partial charge in [-0.1, -0.05) is 0 Å². The molecule has 8 heteroatoms. The molecular weight excluding hydrogens is 320 g/mol. The lowest BCUT2D eigenvalue weighted by Crippen LogP contribution is -2.33. The fourth-order valence-corrected chi connectivity index (χ4v) is 2.77. The van der Waals surface area contributed by atoms with Crippen molar-refractivity contribution < 1.29 is 9.72 Å². The minimum Gasteiger partial charge on any atom is -0.393 e. The molecule has 1 atom stereocenters. The topological polar surface area (TPSA) is 110 Å². The average Bonchev–Trinajstić information content (AvgIpc) is 2.50. The summed E-state index contributed by atoms with van der Waals surface area (Å²) in [5.41, 5.74) is 6.27. The largest absolute Gasteiger partial charge is 0.393 e. The van der Waals surface area contributed by atoms with Gasteiger partial charge in [0.2, 0.25) is 0 Å². The SMILES string of the molecule is Cc1cc(C(=O)NCCC2CCCNC2)c(N)c([N+](=O)[O-])c1.Cl. The number of nitro groups is 1. The molecule has 1 aliphatic heterocycles. The van der Waals surface area contributed by atoms with E-state index in [9.17, 15) is 14.9 Å². The molecule has 1 aliphatic rings. The van der Waals surface area contributed by atoms with E-state index < -0.39 is 4.92 Å². The number of halogens is 1. The van der Waals surface area contributed by atoms with E-state index in [1.54, 1.807) is 13.0 Å². The van der Waals surface area contributed by atoms with E-state index in [-0.39, 0.29) is 35.3 Å². The third kappa shape index (κ3) is 5.07.